The molecule has 0 N–H and O–H groups in total. The fraction of sp³-hybridized carbons (Fsp3) is 0.323. The maximum atomic E-state index is 13.7. The van der Waals surface area contributed by atoms with Gasteiger partial charge in [0, 0.05) is 35.7 Å². The first kappa shape index (κ1) is 25.6. The molecule has 3 aromatic carbocycles. The summed E-state index contributed by atoms with van der Waals surface area (Å²) in [7, 11) is 0. The molecule has 0 amide bonds. The van der Waals surface area contributed by atoms with Gasteiger partial charge in [0.15, 0.2) is 17.4 Å². The first-order chi connectivity index (χ1) is 17.2. The summed E-state index contributed by atoms with van der Waals surface area (Å²) in [5.74, 6) is -0.502. The Kier molecular flexibility index (Phi) is 7.88. The zero-order valence-corrected chi connectivity index (χ0v) is 21.4. The zero-order chi connectivity index (χ0) is 25.8. The zero-order valence-electron chi connectivity index (χ0n) is 21.4. The molecule has 0 aliphatic rings. The van der Waals surface area contributed by atoms with Gasteiger partial charge < -0.3 is 9.30 Å². The summed E-state index contributed by atoms with van der Waals surface area (Å²) in [4.78, 5) is 13.7. The van der Waals surface area contributed by atoms with Crippen LogP contribution in [0.25, 0.3) is 10.9 Å². The molecule has 0 unspecified atom stereocenters. The molecule has 0 saturated carbocycles. The van der Waals surface area contributed by atoms with E-state index in [1.54, 1.807) is 0 Å². The molecule has 0 atom stereocenters. The summed E-state index contributed by atoms with van der Waals surface area (Å²) < 4.78 is 35.3. The summed E-state index contributed by atoms with van der Waals surface area (Å²) in [6.45, 7) is 9.65. The number of Topliss-reactive ketones (excluding diaryl/α,β-unsaturated/α-hetero) is 1. The second kappa shape index (κ2) is 11.1. The first-order valence-electron chi connectivity index (χ1n) is 12.5. The number of aryl methyl sites for hydroxylation is 1. The quantitative estimate of drug-likeness (QED) is 0.212. The minimum Gasteiger partial charge on any atom is -0.493 e. The van der Waals surface area contributed by atoms with Crippen LogP contribution in [0.4, 0.5) is 8.78 Å². The minimum absolute atomic E-state index is 0.00362. The fourth-order valence-corrected chi connectivity index (χ4v) is 4.61. The lowest BCUT2D eigenvalue weighted by molar-refractivity contribution is 0.0982. The molecule has 0 aliphatic carbocycles. The van der Waals surface area contributed by atoms with Crippen LogP contribution in [-0.2, 0) is 13.0 Å². The standard InChI is InChI=1S/C31H33F2NO2/c1-20(2)19-36-24-12-13-25-28(17-24)34(18-23-8-6-5-7-9-23)31(21(3)4)30(25)29(35)15-11-22-10-14-26(32)27(33)16-22/h5-10,12-14,16-17,20-21H,11,15,18-19H2,1-4H3. The van der Waals surface area contributed by atoms with Gasteiger partial charge in [0.25, 0.3) is 0 Å². The van der Waals surface area contributed by atoms with Crippen molar-refractivity contribution in [2.75, 3.05) is 6.61 Å². The van der Waals surface area contributed by atoms with Crippen LogP contribution in [0.15, 0.2) is 66.7 Å². The second-order valence-corrected chi connectivity index (χ2v) is 10.0. The highest BCUT2D eigenvalue weighted by molar-refractivity contribution is 6.10. The predicted molar refractivity (Wildman–Crippen MR) is 141 cm³/mol. The van der Waals surface area contributed by atoms with Gasteiger partial charge in [-0.1, -0.05) is 64.1 Å². The van der Waals surface area contributed by atoms with Crippen LogP contribution in [0.3, 0.4) is 0 Å². The van der Waals surface area contributed by atoms with Gasteiger partial charge in [-0.05, 0) is 53.6 Å². The van der Waals surface area contributed by atoms with Crippen molar-refractivity contribution in [3.8, 4) is 5.75 Å². The summed E-state index contributed by atoms with van der Waals surface area (Å²) in [5.41, 5.74) is 4.38. The van der Waals surface area contributed by atoms with Crippen LogP contribution < -0.4 is 4.74 Å². The molecular formula is C31H33F2NO2. The Hall–Kier alpha value is -3.47. The molecule has 5 heteroatoms. The van der Waals surface area contributed by atoms with Crippen molar-refractivity contribution in [3.05, 3.63) is 101 Å². The molecule has 4 aromatic rings. The highest BCUT2D eigenvalue weighted by Crippen LogP contribution is 2.35. The first-order valence-corrected chi connectivity index (χ1v) is 12.5. The molecule has 0 saturated heterocycles. The van der Waals surface area contributed by atoms with Gasteiger partial charge in [-0.25, -0.2) is 8.78 Å². The summed E-state index contributed by atoms with van der Waals surface area (Å²) in [6.07, 6.45) is 0.551. The lowest BCUT2D eigenvalue weighted by Crippen LogP contribution is -2.11. The van der Waals surface area contributed by atoms with Crippen LogP contribution >= 0.6 is 0 Å². The normalized spacial score (nSPS) is 11.6. The van der Waals surface area contributed by atoms with E-state index in [0.717, 1.165) is 34.0 Å². The van der Waals surface area contributed by atoms with Crippen molar-refractivity contribution in [3.63, 3.8) is 0 Å². The van der Waals surface area contributed by atoms with Crippen LogP contribution in [0, 0.1) is 17.6 Å². The van der Waals surface area contributed by atoms with Gasteiger partial charge in [0.1, 0.15) is 5.75 Å². The molecule has 0 spiro atoms. The highest BCUT2D eigenvalue weighted by Gasteiger charge is 2.25. The molecule has 188 valence electrons. The van der Waals surface area contributed by atoms with E-state index < -0.39 is 11.6 Å². The Balaban J connectivity index is 1.77. The predicted octanol–water partition coefficient (Wildman–Crippen LogP) is 7.94. The van der Waals surface area contributed by atoms with Gasteiger partial charge in [0.2, 0.25) is 0 Å². The minimum atomic E-state index is -0.892. The number of ether oxygens (including phenoxy) is 1. The van der Waals surface area contributed by atoms with Crippen molar-refractivity contribution in [2.45, 2.75) is 53.0 Å². The third-order valence-electron chi connectivity index (χ3n) is 6.29. The summed E-state index contributed by atoms with van der Waals surface area (Å²) >= 11 is 0. The maximum Gasteiger partial charge on any atom is 0.165 e. The molecular weight excluding hydrogens is 456 g/mol. The van der Waals surface area contributed by atoms with Crippen LogP contribution in [0.1, 0.15) is 67.2 Å². The monoisotopic (exact) mass is 489 g/mol. The van der Waals surface area contributed by atoms with E-state index in [2.05, 4.69) is 44.4 Å². The molecule has 0 radical (unpaired) electrons. The molecule has 36 heavy (non-hydrogen) atoms. The second-order valence-electron chi connectivity index (χ2n) is 10.0. The Morgan fingerprint density at radius 2 is 1.64 bits per heavy atom. The number of ketones is 1. The fourth-order valence-electron chi connectivity index (χ4n) is 4.61. The van der Waals surface area contributed by atoms with Crippen molar-refractivity contribution in [1.82, 2.24) is 4.57 Å². The van der Waals surface area contributed by atoms with E-state index in [0.29, 0.717) is 36.6 Å². The summed E-state index contributed by atoms with van der Waals surface area (Å²) in [5, 5.41) is 0.891. The van der Waals surface area contributed by atoms with Crippen molar-refractivity contribution < 1.29 is 18.3 Å². The van der Waals surface area contributed by atoms with Gasteiger partial charge in [-0.3, -0.25) is 4.79 Å². The van der Waals surface area contributed by atoms with E-state index in [-0.39, 0.29) is 18.1 Å². The molecule has 0 bridgehead atoms. The van der Waals surface area contributed by atoms with Crippen LogP contribution in [0.5, 0.6) is 5.75 Å². The number of aromatic nitrogens is 1. The number of rotatable bonds is 10. The lowest BCUT2D eigenvalue weighted by Gasteiger charge is -2.16. The molecule has 0 aliphatic heterocycles. The van der Waals surface area contributed by atoms with Crippen molar-refractivity contribution in [1.29, 1.82) is 0 Å². The van der Waals surface area contributed by atoms with Crippen molar-refractivity contribution in [2.24, 2.45) is 5.92 Å². The molecule has 1 heterocycles. The average molecular weight is 490 g/mol. The number of carbonyl (C=O) groups excluding carboxylic acids is 1. The number of halogens is 2. The molecule has 0 fully saturated rings. The smallest absolute Gasteiger partial charge is 0.165 e. The van der Waals surface area contributed by atoms with E-state index in [9.17, 15) is 13.6 Å². The number of benzene rings is 3. The van der Waals surface area contributed by atoms with E-state index in [4.69, 9.17) is 4.74 Å². The third-order valence-corrected chi connectivity index (χ3v) is 6.29. The largest absolute Gasteiger partial charge is 0.493 e. The van der Waals surface area contributed by atoms with Crippen LogP contribution in [0.2, 0.25) is 0 Å². The van der Waals surface area contributed by atoms with Crippen molar-refractivity contribution >= 4 is 16.7 Å². The molecule has 1 aromatic heterocycles. The van der Waals surface area contributed by atoms with E-state index in [1.165, 1.54) is 12.1 Å². The van der Waals surface area contributed by atoms with Gasteiger partial charge in [-0.15, -0.1) is 0 Å². The number of hydrogen-bond donors (Lipinski definition) is 0. The number of carbonyl (C=O) groups is 1. The summed E-state index contributed by atoms with van der Waals surface area (Å²) in [6, 6.07) is 19.9. The Bertz CT molecular complexity index is 1360. The van der Waals surface area contributed by atoms with Gasteiger partial charge in [0.05, 0.1) is 12.1 Å². The lowest BCUT2D eigenvalue weighted by atomic mass is 9.96. The van der Waals surface area contributed by atoms with Gasteiger partial charge >= 0.3 is 0 Å². The maximum absolute atomic E-state index is 13.7. The molecule has 4 rings (SSSR count). The number of fused-ring (bicyclic) bond motifs is 1. The third kappa shape index (κ3) is 5.67. The Morgan fingerprint density at radius 1 is 0.889 bits per heavy atom. The average Bonchev–Trinajstić information content (AvgIpc) is 3.17. The van der Waals surface area contributed by atoms with E-state index in [1.807, 2.05) is 36.4 Å². The Morgan fingerprint density at radius 3 is 2.31 bits per heavy atom. The van der Waals surface area contributed by atoms with E-state index >= 15 is 0 Å². The van der Waals surface area contributed by atoms with Crippen LogP contribution in [-0.4, -0.2) is 17.0 Å². The number of nitrogens with zero attached hydrogens (tertiary/aromatic N) is 1. The topological polar surface area (TPSA) is 31.2 Å². The Labute approximate surface area is 211 Å². The SMILES string of the molecule is CC(C)COc1ccc2c(C(=O)CCc3ccc(F)c(F)c3)c(C(C)C)n(Cc3ccccc3)c2c1. The highest BCUT2D eigenvalue weighted by atomic mass is 19.2. The molecule has 3 nitrogen and oxygen atoms in total. The van der Waals surface area contributed by atoms with Gasteiger partial charge in [-0.2, -0.15) is 0 Å². The number of hydrogen-bond acceptors (Lipinski definition) is 2.